The Morgan fingerprint density at radius 3 is 2.58 bits per heavy atom. The Bertz CT molecular complexity index is 425. The number of halogens is 1. The maximum Gasteiger partial charge on any atom is 0.131 e. The molecule has 0 spiro atoms. The van der Waals surface area contributed by atoms with Crippen molar-refractivity contribution in [2.24, 2.45) is 7.05 Å². The Labute approximate surface area is 121 Å². The molecule has 4 nitrogen and oxygen atoms in total. The quantitative estimate of drug-likeness (QED) is 0.829. The predicted molar refractivity (Wildman–Crippen MR) is 79.6 cm³/mol. The van der Waals surface area contributed by atoms with Gasteiger partial charge in [0, 0.05) is 38.3 Å². The maximum atomic E-state index is 6.31. The predicted octanol–water partition coefficient (Wildman–Crippen LogP) is 2.30. The van der Waals surface area contributed by atoms with Crippen LogP contribution in [-0.4, -0.2) is 51.8 Å². The third-order valence-electron chi connectivity index (χ3n) is 4.23. The van der Waals surface area contributed by atoms with Crippen molar-refractivity contribution in [1.29, 1.82) is 0 Å². The minimum atomic E-state index is 0.700. The van der Waals surface area contributed by atoms with Gasteiger partial charge in [-0.25, -0.2) is 0 Å². The summed E-state index contributed by atoms with van der Waals surface area (Å²) < 4.78 is 1.77. The van der Waals surface area contributed by atoms with Crippen LogP contribution in [0.25, 0.3) is 0 Å². The van der Waals surface area contributed by atoms with E-state index in [0.717, 1.165) is 43.6 Å². The lowest BCUT2D eigenvalue weighted by Crippen LogP contribution is -2.37. The van der Waals surface area contributed by atoms with E-state index in [1.165, 1.54) is 12.0 Å². The van der Waals surface area contributed by atoms with Crippen molar-refractivity contribution >= 4 is 11.6 Å². The van der Waals surface area contributed by atoms with Crippen molar-refractivity contribution in [3.8, 4) is 0 Å². The molecule has 0 radical (unpaired) electrons. The highest BCUT2D eigenvalue weighted by atomic mass is 35.5. The van der Waals surface area contributed by atoms with Crippen LogP contribution in [0.1, 0.15) is 31.5 Å². The number of aromatic nitrogens is 2. The van der Waals surface area contributed by atoms with Crippen molar-refractivity contribution in [3.63, 3.8) is 0 Å². The van der Waals surface area contributed by atoms with E-state index < -0.39 is 0 Å². The zero-order valence-corrected chi connectivity index (χ0v) is 13.2. The van der Waals surface area contributed by atoms with E-state index in [-0.39, 0.29) is 0 Å². The summed E-state index contributed by atoms with van der Waals surface area (Å²) in [5.41, 5.74) is 2.24. The van der Waals surface area contributed by atoms with Gasteiger partial charge in [0.1, 0.15) is 5.15 Å². The molecule has 1 atom stereocenters. The first-order valence-electron chi connectivity index (χ1n) is 7.21. The fourth-order valence-corrected chi connectivity index (χ4v) is 3.31. The maximum absolute atomic E-state index is 6.31. The molecule has 0 aliphatic carbocycles. The molecule has 108 valence electrons. The lowest BCUT2D eigenvalue weighted by molar-refractivity contribution is 0.209. The van der Waals surface area contributed by atoms with Crippen molar-refractivity contribution in [1.82, 2.24) is 19.6 Å². The summed E-state index contributed by atoms with van der Waals surface area (Å²) in [6.45, 7) is 12.0. The van der Waals surface area contributed by atoms with Crippen molar-refractivity contribution in [2.45, 2.75) is 39.8 Å². The van der Waals surface area contributed by atoms with Gasteiger partial charge in [-0.05, 0) is 26.4 Å². The molecule has 2 rings (SSSR count). The molecule has 0 saturated carbocycles. The van der Waals surface area contributed by atoms with E-state index >= 15 is 0 Å². The Morgan fingerprint density at radius 1 is 1.37 bits per heavy atom. The monoisotopic (exact) mass is 284 g/mol. The van der Waals surface area contributed by atoms with Gasteiger partial charge in [0.25, 0.3) is 0 Å². The molecule has 1 aromatic heterocycles. The van der Waals surface area contributed by atoms with E-state index in [0.29, 0.717) is 6.04 Å². The van der Waals surface area contributed by atoms with Gasteiger partial charge >= 0.3 is 0 Å². The molecule has 1 fully saturated rings. The lowest BCUT2D eigenvalue weighted by Gasteiger charge is -2.26. The summed E-state index contributed by atoms with van der Waals surface area (Å²) in [7, 11) is 1.90. The van der Waals surface area contributed by atoms with Gasteiger partial charge in [0.15, 0.2) is 0 Å². The number of hydrogen-bond donors (Lipinski definition) is 0. The van der Waals surface area contributed by atoms with Gasteiger partial charge in [0.2, 0.25) is 0 Å². The SMILES string of the molecule is CCN(CC)C1CCN(Cc2c(C)nn(C)c2Cl)C1. The number of aryl methyl sites for hydroxylation is 2. The number of rotatable bonds is 5. The number of hydrogen-bond acceptors (Lipinski definition) is 3. The van der Waals surface area contributed by atoms with Crippen LogP contribution in [0, 0.1) is 6.92 Å². The molecule has 19 heavy (non-hydrogen) atoms. The highest BCUT2D eigenvalue weighted by Crippen LogP contribution is 2.24. The molecule has 0 amide bonds. The van der Waals surface area contributed by atoms with Crippen LogP contribution in [0.3, 0.4) is 0 Å². The van der Waals surface area contributed by atoms with Gasteiger partial charge in [0.05, 0.1) is 5.69 Å². The first-order chi connectivity index (χ1) is 9.06. The van der Waals surface area contributed by atoms with Gasteiger partial charge in [-0.15, -0.1) is 0 Å². The first kappa shape index (κ1) is 14.8. The van der Waals surface area contributed by atoms with E-state index in [1.54, 1.807) is 4.68 Å². The number of likely N-dealkylation sites (N-methyl/N-ethyl adjacent to an activating group) is 1. The van der Waals surface area contributed by atoms with Gasteiger partial charge in [-0.3, -0.25) is 14.5 Å². The van der Waals surface area contributed by atoms with Gasteiger partial charge in [-0.1, -0.05) is 25.4 Å². The zero-order valence-electron chi connectivity index (χ0n) is 12.5. The van der Waals surface area contributed by atoms with Crippen LogP contribution in [0.5, 0.6) is 0 Å². The Balaban J connectivity index is 1.98. The second kappa shape index (κ2) is 6.25. The summed E-state index contributed by atoms with van der Waals surface area (Å²) in [6, 6.07) is 0.700. The molecule has 0 N–H and O–H groups in total. The lowest BCUT2D eigenvalue weighted by atomic mass is 10.2. The third-order valence-corrected chi connectivity index (χ3v) is 4.70. The van der Waals surface area contributed by atoms with Crippen molar-refractivity contribution < 1.29 is 0 Å². The summed E-state index contributed by atoms with van der Waals surface area (Å²) in [4.78, 5) is 5.05. The van der Waals surface area contributed by atoms with Crippen molar-refractivity contribution in [2.75, 3.05) is 26.2 Å². The second-order valence-electron chi connectivity index (χ2n) is 5.38. The molecule has 1 aliphatic heterocycles. The molecule has 1 aromatic rings. The fourth-order valence-electron chi connectivity index (χ4n) is 3.07. The second-order valence-corrected chi connectivity index (χ2v) is 5.74. The molecular formula is C14H25ClN4. The highest BCUT2D eigenvalue weighted by molar-refractivity contribution is 6.30. The molecule has 2 heterocycles. The van der Waals surface area contributed by atoms with E-state index in [2.05, 4.69) is 28.7 Å². The molecule has 1 unspecified atom stereocenters. The molecular weight excluding hydrogens is 260 g/mol. The van der Waals surface area contributed by atoms with Gasteiger partial charge in [-0.2, -0.15) is 5.10 Å². The smallest absolute Gasteiger partial charge is 0.131 e. The van der Waals surface area contributed by atoms with E-state index in [1.807, 2.05) is 14.0 Å². The largest absolute Gasteiger partial charge is 0.300 e. The molecule has 0 aromatic carbocycles. The minimum absolute atomic E-state index is 0.700. The Morgan fingerprint density at radius 2 is 2.05 bits per heavy atom. The molecule has 1 saturated heterocycles. The van der Waals surface area contributed by atoms with Crippen LogP contribution in [0.2, 0.25) is 5.15 Å². The topological polar surface area (TPSA) is 24.3 Å². The van der Waals surface area contributed by atoms with E-state index in [9.17, 15) is 0 Å². The number of nitrogens with zero attached hydrogens (tertiary/aromatic N) is 4. The number of likely N-dealkylation sites (tertiary alicyclic amines) is 1. The third kappa shape index (κ3) is 3.12. The average Bonchev–Trinajstić information content (AvgIpc) is 2.93. The first-order valence-corrected chi connectivity index (χ1v) is 7.58. The minimum Gasteiger partial charge on any atom is -0.300 e. The van der Waals surface area contributed by atoms with Crippen LogP contribution >= 0.6 is 11.6 Å². The van der Waals surface area contributed by atoms with E-state index in [4.69, 9.17) is 11.6 Å². The van der Waals surface area contributed by atoms with Crippen LogP contribution in [-0.2, 0) is 13.6 Å². The summed E-state index contributed by atoms with van der Waals surface area (Å²) in [5, 5.41) is 5.17. The van der Waals surface area contributed by atoms with Crippen LogP contribution in [0.4, 0.5) is 0 Å². The summed E-state index contributed by atoms with van der Waals surface area (Å²) in [6.07, 6.45) is 1.26. The molecule has 5 heteroatoms. The Hall–Kier alpha value is -0.580. The molecule has 0 bridgehead atoms. The zero-order chi connectivity index (χ0) is 14.0. The summed E-state index contributed by atoms with van der Waals surface area (Å²) in [5.74, 6) is 0. The van der Waals surface area contributed by atoms with Gasteiger partial charge < -0.3 is 0 Å². The average molecular weight is 285 g/mol. The fraction of sp³-hybridized carbons (Fsp3) is 0.786. The standard InChI is InChI=1S/C14H25ClN4/c1-5-19(6-2)12-7-8-18(9-12)10-13-11(3)16-17(4)14(13)15/h12H,5-10H2,1-4H3. The highest BCUT2D eigenvalue weighted by Gasteiger charge is 2.27. The van der Waals surface area contributed by atoms with Crippen LogP contribution in [0.15, 0.2) is 0 Å². The molecule has 1 aliphatic rings. The summed E-state index contributed by atoms with van der Waals surface area (Å²) >= 11 is 6.31. The normalized spacial score (nSPS) is 20.6. The van der Waals surface area contributed by atoms with Crippen LogP contribution < -0.4 is 0 Å². The Kier molecular flexibility index (Phi) is 4.87. The van der Waals surface area contributed by atoms with Crippen molar-refractivity contribution in [3.05, 3.63) is 16.4 Å².